The number of carbonyl (C=O) groups excluding carboxylic acids is 1. The van der Waals surface area contributed by atoms with Gasteiger partial charge in [0.25, 0.3) is 0 Å². The van der Waals surface area contributed by atoms with E-state index in [2.05, 4.69) is 5.32 Å². The van der Waals surface area contributed by atoms with Crippen molar-refractivity contribution in [2.75, 3.05) is 5.32 Å². The van der Waals surface area contributed by atoms with Gasteiger partial charge in [0, 0.05) is 12.1 Å². The van der Waals surface area contributed by atoms with Crippen LogP contribution in [0, 0.1) is 0 Å². The first-order chi connectivity index (χ1) is 7.84. The second kappa shape index (κ2) is 3.52. The Morgan fingerprint density at radius 2 is 2.06 bits per heavy atom. The highest BCUT2D eigenvalue weighted by Gasteiger charge is 2.30. The molecule has 1 amide bonds. The molecule has 2 heterocycles. The van der Waals surface area contributed by atoms with Gasteiger partial charge in [-0.25, -0.2) is 0 Å². The number of carbonyl (C=O) groups is 1. The summed E-state index contributed by atoms with van der Waals surface area (Å²) in [6.45, 7) is 0. The molecule has 16 heavy (non-hydrogen) atoms. The number of nitrogens with one attached hydrogen (secondary N) is 1. The average molecular weight is 213 g/mol. The molecular formula is C13H11NO2. The third kappa shape index (κ3) is 1.41. The van der Waals surface area contributed by atoms with Gasteiger partial charge in [-0.05, 0) is 23.8 Å². The predicted octanol–water partition coefficient (Wildman–Crippen LogP) is 2.56. The molecule has 0 radical (unpaired) electrons. The fourth-order valence-corrected chi connectivity index (χ4v) is 2.11. The number of amides is 1. The van der Waals surface area contributed by atoms with Crippen LogP contribution in [-0.2, 0) is 11.2 Å². The van der Waals surface area contributed by atoms with E-state index in [1.165, 1.54) is 0 Å². The van der Waals surface area contributed by atoms with Gasteiger partial charge in [0.2, 0.25) is 5.91 Å². The molecule has 1 atom stereocenters. The van der Waals surface area contributed by atoms with E-state index in [0.29, 0.717) is 6.42 Å². The Labute approximate surface area is 93.1 Å². The maximum absolute atomic E-state index is 11.8. The molecule has 80 valence electrons. The summed E-state index contributed by atoms with van der Waals surface area (Å²) in [5.41, 5.74) is 1.98. The second-order valence-corrected chi connectivity index (χ2v) is 3.91. The standard InChI is InChI=1S/C13H11NO2/c15-13-11(8-9-4-3-7-16-9)10-5-1-2-6-12(10)14-13/h1-7,11H,8H2,(H,14,15)/t11-/m1/s1. The lowest BCUT2D eigenvalue weighted by Gasteiger charge is -2.05. The number of para-hydroxylation sites is 1. The molecule has 1 N–H and O–H groups in total. The molecule has 0 unspecified atom stereocenters. The fourth-order valence-electron chi connectivity index (χ4n) is 2.11. The van der Waals surface area contributed by atoms with Crippen LogP contribution in [0.5, 0.6) is 0 Å². The summed E-state index contributed by atoms with van der Waals surface area (Å²) in [6.07, 6.45) is 2.25. The second-order valence-electron chi connectivity index (χ2n) is 3.91. The van der Waals surface area contributed by atoms with Crippen LogP contribution in [0.2, 0.25) is 0 Å². The number of furan rings is 1. The van der Waals surface area contributed by atoms with Crippen LogP contribution in [0.3, 0.4) is 0 Å². The summed E-state index contributed by atoms with van der Waals surface area (Å²) < 4.78 is 5.28. The van der Waals surface area contributed by atoms with Gasteiger partial charge in [0.05, 0.1) is 12.2 Å². The summed E-state index contributed by atoms with van der Waals surface area (Å²) in [6, 6.07) is 11.5. The van der Waals surface area contributed by atoms with Gasteiger partial charge in [-0.3, -0.25) is 4.79 Å². The molecule has 0 fully saturated rings. The third-order valence-electron chi connectivity index (χ3n) is 2.90. The van der Waals surface area contributed by atoms with Crippen molar-refractivity contribution in [3.8, 4) is 0 Å². The Bertz CT molecular complexity index is 516. The monoisotopic (exact) mass is 213 g/mol. The average Bonchev–Trinajstić information content (AvgIpc) is 2.89. The molecule has 1 aromatic heterocycles. The number of rotatable bonds is 2. The minimum atomic E-state index is -0.123. The van der Waals surface area contributed by atoms with Crippen LogP contribution in [0.15, 0.2) is 47.1 Å². The van der Waals surface area contributed by atoms with Gasteiger partial charge >= 0.3 is 0 Å². The van der Waals surface area contributed by atoms with Crippen molar-refractivity contribution in [3.05, 3.63) is 54.0 Å². The van der Waals surface area contributed by atoms with Gasteiger partial charge in [-0.2, -0.15) is 0 Å². The summed E-state index contributed by atoms with van der Waals surface area (Å²) in [4.78, 5) is 11.8. The van der Waals surface area contributed by atoms with Crippen LogP contribution in [-0.4, -0.2) is 5.91 Å². The third-order valence-corrected chi connectivity index (χ3v) is 2.90. The van der Waals surface area contributed by atoms with Gasteiger partial charge in [0.1, 0.15) is 5.76 Å². The molecule has 3 nitrogen and oxygen atoms in total. The van der Waals surface area contributed by atoms with E-state index < -0.39 is 0 Å². The van der Waals surface area contributed by atoms with E-state index in [1.807, 2.05) is 36.4 Å². The van der Waals surface area contributed by atoms with Gasteiger partial charge in [-0.1, -0.05) is 18.2 Å². The zero-order valence-corrected chi connectivity index (χ0v) is 8.64. The van der Waals surface area contributed by atoms with E-state index in [-0.39, 0.29) is 11.8 Å². The lowest BCUT2D eigenvalue weighted by molar-refractivity contribution is -0.117. The maximum atomic E-state index is 11.8. The quantitative estimate of drug-likeness (QED) is 0.833. The smallest absolute Gasteiger partial charge is 0.232 e. The highest BCUT2D eigenvalue weighted by atomic mass is 16.3. The molecule has 3 rings (SSSR count). The van der Waals surface area contributed by atoms with Crippen LogP contribution >= 0.6 is 0 Å². The first-order valence-corrected chi connectivity index (χ1v) is 5.27. The Kier molecular flexibility index (Phi) is 2.03. The maximum Gasteiger partial charge on any atom is 0.232 e. The van der Waals surface area contributed by atoms with Crippen molar-refractivity contribution in [1.82, 2.24) is 0 Å². The summed E-state index contributed by atoms with van der Waals surface area (Å²) >= 11 is 0. The van der Waals surface area contributed by atoms with Gasteiger partial charge in [-0.15, -0.1) is 0 Å². The van der Waals surface area contributed by atoms with Gasteiger partial charge in [0.15, 0.2) is 0 Å². The van der Waals surface area contributed by atoms with Crippen molar-refractivity contribution in [3.63, 3.8) is 0 Å². The topological polar surface area (TPSA) is 42.2 Å². The zero-order chi connectivity index (χ0) is 11.0. The molecule has 1 aliphatic rings. The van der Waals surface area contributed by atoms with Crippen LogP contribution in [0.1, 0.15) is 17.2 Å². The molecule has 1 aliphatic heterocycles. The predicted molar refractivity (Wildman–Crippen MR) is 60.2 cm³/mol. The highest BCUT2D eigenvalue weighted by molar-refractivity contribution is 6.02. The van der Waals surface area contributed by atoms with Crippen LogP contribution < -0.4 is 5.32 Å². The molecule has 0 aliphatic carbocycles. The number of anilines is 1. The summed E-state index contributed by atoms with van der Waals surface area (Å²) in [5.74, 6) is 0.775. The Morgan fingerprint density at radius 1 is 1.19 bits per heavy atom. The Hall–Kier alpha value is -2.03. The van der Waals surface area contributed by atoms with Crippen molar-refractivity contribution in [2.24, 2.45) is 0 Å². The van der Waals surface area contributed by atoms with Crippen molar-refractivity contribution >= 4 is 11.6 Å². The number of benzene rings is 1. The molecule has 0 saturated heterocycles. The van der Waals surface area contributed by atoms with Crippen LogP contribution in [0.25, 0.3) is 0 Å². The molecule has 2 aromatic rings. The first kappa shape index (κ1) is 9.21. The lowest BCUT2D eigenvalue weighted by atomic mass is 9.96. The fraction of sp³-hybridized carbons (Fsp3) is 0.154. The summed E-state index contributed by atoms with van der Waals surface area (Å²) in [7, 11) is 0. The number of fused-ring (bicyclic) bond motifs is 1. The number of hydrogen-bond acceptors (Lipinski definition) is 2. The Balaban J connectivity index is 1.93. The van der Waals surface area contributed by atoms with Gasteiger partial charge < -0.3 is 9.73 Å². The van der Waals surface area contributed by atoms with Crippen LogP contribution in [0.4, 0.5) is 5.69 Å². The minimum Gasteiger partial charge on any atom is -0.469 e. The van der Waals surface area contributed by atoms with Crippen molar-refractivity contribution in [1.29, 1.82) is 0 Å². The molecule has 1 aromatic carbocycles. The molecular weight excluding hydrogens is 202 g/mol. The van der Waals surface area contributed by atoms with E-state index in [0.717, 1.165) is 17.0 Å². The first-order valence-electron chi connectivity index (χ1n) is 5.27. The normalized spacial score (nSPS) is 18.2. The largest absolute Gasteiger partial charge is 0.469 e. The number of hydrogen-bond donors (Lipinski definition) is 1. The molecule has 0 spiro atoms. The van der Waals surface area contributed by atoms with Crippen molar-refractivity contribution < 1.29 is 9.21 Å². The summed E-state index contributed by atoms with van der Waals surface area (Å²) in [5, 5.41) is 2.88. The lowest BCUT2D eigenvalue weighted by Crippen LogP contribution is -2.13. The minimum absolute atomic E-state index is 0.0533. The van der Waals surface area contributed by atoms with E-state index in [1.54, 1.807) is 6.26 Å². The Morgan fingerprint density at radius 3 is 2.88 bits per heavy atom. The van der Waals surface area contributed by atoms with Crippen molar-refractivity contribution in [2.45, 2.75) is 12.3 Å². The molecule has 0 saturated carbocycles. The SMILES string of the molecule is O=C1Nc2ccccc2[C@H]1Cc1ccco1. The van der Waals surface area contributed by atoms with E-state index in [9.17, 15) is 4.79 Å². The highest BCUT2D eigenvalue weighted by Crippen LogP contribution is 2.34. The van der Waals surface area contributed by atoms with E-state index >= 15 is 0 Å². The zero-order valence-electron chi connectivity index (χ0n) is 8.64. The molecule has 3 heteroatoms. The molecule has 0 bridgehead atoms. The van der Waals surface area contributed by atoms with E-state index in [4.69, 9.17) is 4.42 Å².